The number of piperidine rings is 1. The van der Waals surface area contributed by atoms with E-state index < -0.39 is 5.60 Å². The Hall–Kier alpha value is -2.44. The van der Waals surface area contributed by atoms with E-state index in [4.69, 9.17) is 4.74 Å². The molecule has 1 aromatic carbocycles. The molecule has 2 bridgehead atoms. The summed E-state index contributed by atoms with van der Waals surface area (Å²) in [5.74, 6) is 0.803. The number of rotatable bonds is 6. The first kappa shape index (κ1) is 18.9. The molecular weight excluding hydrogens is 354 g/mol. The monoisotopic (exact) mass is 381 g/mol. The number of hydrogen-bond acceptors (Lipinski definition) is 5. The van der Waals surface area contributed by atoms with Crippen LogP contribution in [-0.4, -0.2) is 46.6 Å². The van der Waals surface area contributed by atoms with E-state index in [1.54, 1.807) is 13.3 Å². The highest BCUT2D eigenvalue weighted by Gasteiger charge is 2.49. The van der Waals surface area contributed by atoms with Gasteiger partial charge in [0, 0.05) is 24.8 Å². The Morgan fingerprint density at radius 1 is 1.25 bits per heavy atom. The Labute approximate surface area is 165 Å². The van der Waals surface area contributed by atoms with Crippen molar-refractivity contribution in [2.24, 2.45) is 0 Å². The van der Waals surface area contributed by atoms with E-state index in [2.05, 4.69) is 15.2 Å². The quantitative estimate of drug-likeness (QED) is 0.803. The molecular formula is C22H27N3O3. The van der Waals surface area contributed by atoms with Crippen molar-refractivity contribution in [2.45, 2.75) is 49.9 Å². The summed E-state index contributed by atoms with van der Waals surface area (Å²) in [5, 5.41) is 14.2. The summed E-state index contributed by atoms with van der Waals surface area (Å²) in [7, 11) is 1.63. The maximum absolute atomic E-state index is 12.5. The topological polar surface area (TPSA) is 74.7 Å². The number of nitrogens with zero attached hydrogens (tertiary/aromatic N) is 2. The number of nitrogens with one attached hydrogen (secondary N) is 1. The molecule has 28 heavy (non-hydrogen) atoms. The lowest BCUT2D eigenvalue weighted by Crippen LogP contribution is -2.52. The molecule has 0 aliphatic carbocycles. The van der Waals surface area contributed by atoms with Gasteiger partial charge in [-0.25, -0.2) is 0 Å². The van der Waals surface area contributed by atoms with E-state index in [0.29, 0.717) is 25.9 Å². The molecule has 0 spiro atoms. The second kappa shape index (κ2) is 7.89. The molecule has 0 unspecified atom stereocenters. The molecule has 4 rings (SSSR count). The van der Waals surface area contributed by atoms with Gasteiger partial charge in [-0.05, 0) is 55.5 Å². The van der Waals surface area contributed by atoms with Crippen LogP contribution in [0.1, 0.15) is 36.9 Å². The van der Waals surface area contributed by atoms with Crippen LogP contribution in [0.5, 0.6) is 5.75 Å². The molecule has 1 aromatic heterocycles. The highest BCUT2D eigenvalue weighted by molar-refractivity contribution is 5.78. The number of benzene rings is 1. The van der Waals surface area contributed by atoms with E-state index in [0.717, 1.165) is 29.8 Å². The van der Waals surface area contributed by atoms with E-state index in [1.165, 1.54) is 0 Å². The molecule has 2 N–H and O–H groups in total. The number of carbonyl (C=O) groups excluding carboxylic acids is 1. The molecule has 0 radical (unpaired) electrons. The van der Waals surface area contributed by atoms with Crippen molar-refractivity contribution in [1.82, 2.24) is 15.2 Å². The van der Waals surface area contributed by atoms with Crippen LogP contribution in [0.4, 0.5) is 0 Å². The van der Waals surface area contributed by atoms with Crippen LogP contribution in [0.3, 0.4) is 0 Å². The third kappa shape index (κ3) is 3.88. The highest BCUT2D eigenvalue weighted by atomic mass is 16.5. The predicted octanol–water partition coefficient (Wildman–Crippen LogP) is 2.22. The average Bonchev–Trinajstić information content (AvgIpc) is 2.96. The van der Waals surface area contributed by atoms with Crippen LogP contribution >= 0.6 is 0 Å². The fourth-order valence-corrected chi connectivity index (χ4v) is 4.63. The number of aliphatic hydroxyl groups is 1. The zero-order chi connectivity index (χ0) is 19.6. The average molecular weight is 381 g/mol. The van der Waals surface area contributed by atoms with Gasteiger partial charge in [-0.2, -0.15) is 0 Å². The summed E-state index contributed by atoms with van der Waals surface area (Å²) < 4.78 is 5.23. The van der Waals surface area contributed by atoms with E-state index in [9.17, 15) is 9.90 Å². The van der Waals surface area contributed by atoms with E-state index in [1.807, 2.05) is 42.5 Å². The molecule has 2 aliphatic heterocycles. The van der Waals surface area contributed by atoms with E-state index >= 15 is 0 Å². The molecule has 2 atom stereocenters. The highest BCUT2D eigenvalue weighted by Crippen LogP contribution is 2.44. The molecule has 0 saturated carbocycles. The Kier molecular flexibility index (Phi) is 5.33. The third-order valence-corrected chi connectivity index (χ3v) is 6.01. The van der Waals surface area contributed by atoms with Crippen LogP contribution < -0.4 is 10.1 Å². The maximum atomic E-state index is 12.5. The third-order valence-electron chi connectivity index (χ3n) is 6.01. The zero-order valence-corrected chi connectivity index (χ0v) is 16.2. The second-order valence-electron chi connectivity index (χ2n) is 7.84. The molecule has 6 nitrogen and oxygen atoms in total. The molecule has 2 aliphatic rings. The lowest BCUT2D eigenvalue weighted by atomic mass is 9.83. The van der Waals surface area contributed by atoms with Gasteiger partial charge in [0.2, 0.25) is 5.91 Å². The zero-order valence-electron chi connectivity index (χ0n) is 16.2. The van der Waals surface area contributed by atoms with Gasteiger partial charge in [-0.3, -0.25) is 14.7 Å². The Morgan fingerprint density at radius 2 is 2.04 bits per heavy atom. The number of fused-ring (bicyclic) bond motifs is 2. The Bertz CT molecular complexity index is 813. The second-order valence-corrected chi connectivity index (χ2v) is 7.84. The Balaban J connectivity index is 1.35. The van der Waals surface area contributed by atoms with Crippen molar-refractivity contribution in [3.63, 3.8) is 0 Å². The minimum Gasteiger partial charge on any atom is -0.497 e. The summed E-state index contributed by atoms with van der Waals surface area (Å²) >= 11 is 0. The number of amides is 1. The summed E-state index contributed by atoms with van der Waals surface area (Å²) in [6.07, 6.45) is 5.02. The molecule has 6 heteroatoms. The van der Waals surface area contributed by atoms with Gasteiger partial charge >= 0.3 is 0 Å². The fraction of sp³-hybridized carbons (Fsp3) is 0.455. The van der Waals surface area contributed by atoms with Crippen LogP contribution in [0.15, 0.2) is 48.7 Å². The number of pyridine rings is 1. The largest absolute Gasteiger partial charge is 0.497 e. The van der Waals surface area contributed by atoms with Crippen molar-refractivity contribution < 1.29 is 14.6 Å². The summed E-state index contributed by atoms with van der Waals surface area (Å²) in [4.78, 5) is 19.2. The lowest BCUT2D eigenvalue weighted by molar-refractivity contribution is -0.126. The van der Waals surface area contributed by atoms with Crippen molar-refractivity contribution in [3.8, 4) is 5.75 Å². The fourth-order valence-electron chi connectivity index (χ4n) is 4.63. The number of hydrogen-bond donors (Lipinski definition) is 2. The lowest BCUT2D eigenvalue weighted by Gasteiger charge is -2.43. The van der Waals surface area contributed by atoms with Gasteiger partial charge in [0.15, 0.2) is 0 Å². The maximum Gasteiger partial charge on any atom is 0.234 e. The first-order chi connectivity index (χ1) is 13.6. The first-order valence-electron chi connectivity index (χ1n) is 9.87. The van der Waals surface area contributed by atoms with Crippen LogP contribution in [0, 0.1) is 0 Å². The van der Waals surface area contributed by atoms with Crippen LogP contribution in [0.2, 0.25) is 0 Å². The van der Waals surface area contributed by atoms with Crippen molar-refractivity contribution >= 4 is 5.91 Å². The summed E-state index contributed by atoms with van der Waals surface area (Å²) in [6.45, 7) is 0.856. The normalized spacial score (nSPS) is 26.8. The van der Waals surface area contributed by atoms with Crippen molar-refractivity contribution in [1.29, 1.82) is 0 Å². The van der Waals surface area contributed by atoms with Crippen molar-refractivity contribution in [2.75, 3.05) is 13.7 Å². The predicted molar refractivity (Wildman–Crippen MR) is 106 cm³/mol. The van der Waals surface area contributed by atoms with Gasteiger partial charge in [0.05, 0.1) is 19.3 Å². The first-order valence-corrected chi connectivity index (χ1v) is 9.87. The molecule has 148 valence electrons. The molecule has 2 saturated heterocycles. The van der Waals surface area contributed by atoms with Gasteiger partial charge in [0.25, 0.3) is 0 Å². The van der Waals surface area contributed by atoms with E-state index in [-0.39, 0.29) is 18.0 Å². The standard InChI is InChI=1S/C22H27N3O3/c1-28-19-6-4-5-16(11-19)14-24-21(26)15-25-17-8-9-18(25)13-22(27,12-17)20-7-2-3-10-23-20/h2-7,10-11,17-18,27H,8-9,12-15H2,1H3,(H,24,26)/t17-,18-/m1/s1. The smallest absolute Gasteiger partial charge is 0.234 e. The van der Waals surface area contributed by atoms with Gasteiger partial charge in [-0.1, -0.05) is 18.2 Å². The summed E-state index contributed by atoms with van der Waals surface area (Å²) in [5.41, 5.74) is 0.869. The summed E-state index contributed by atoms with van der Waals surface area (Å²) in [6, 6.07) is 13.8. The minimum absolute atomic E-state index is 0.0167. The Morgan fingerprint density at radius 3 is 2.71 bits per heavy atom. The molecule has 2 fully saturated rings. The molecule has 1 amide bonds. The minimum atomic E-state index is -0.888. The molecule has 2 aromatic rings. The van der Waals surface area contributed by atoms with Crippen LogP contribution in [0.25, 0.3) is 0 Å². The number of carbonyl (C=O) groups is 1. The van der Waals surface area contributed by atoms with Gasteiger partial charge < -0.3 is 15.2 Å². The number of ether oxygens (including phenoxy) is 1. The molecule has 3 heterocycles. The SMILES string of the molecule is COc1cccc(CNC(=O)CN2[C@@H]3CC[C@@H]2CC(O)(c2ccccn2)C3)c1. The van der Waals surface area contributed by atoms with Crippen LogP contribution in [-0.2, 0) is 16.9 Å². The van der Waals surface area contributed by atoms with Gasteiger partial charge in [0.1, 0.15) is 11.4 Å². The van der Waals surface area contributed by atoms with Gasteiger partial charge in [-0.15, -0.1) is 0 Å². The number of aromatic nitrogens is 1. The number of methoxy groups -OCH3 is 1. The van der Waals surface area contributed by atoms with Crippen molar-refractivity contribution in [3.05, 3.63) is 59.9 Å².